The summed E-state index contributed by atoms with van der Waals surface area (Å²) in [7, 11) is -3.39. The first-order valence-electron chi connectivity index (χ1n) is 8.95. The van der Waals surface area contributed by atoms with E-state index in [4.69, 9.17) is 0 Å². The van der Waals surface area contributed by atoms with Crippen LogP contribution < -0.4 is 21.6 Å². The van der Waals surface area contributed by atoms with Crippen LogP contribution in [-0.2, 0) is 14.6 Å². The van der Waals surface area contributed by atoms with E-state index in [-0.39, 0.29) is 16.0 Å². The number of benzene rings is 2. The summed E-state index contributed by atoms with van der Waals surface area (Å²) >= 11 is 0. The third-order valence-electron chi connectivity index (χ3n) is 4.30. The number of carbonyl (C=O) groups is 3. The maximum Gasteiger partial charge on any atom is 0.269 e. The molecule has 11 heteroatoms. The number of nitrogens with one attached hydrogen (secondary N) is 4. The molecule has 10 nitrogen and oxygen atoms in total. The topological polar surface area (TPSA) is 154 Å². The highest BCUT2D eigenvalue weighted by Gasteiger charge is 2.15. The summed E-state index contributed by atoms with van der Waals surface area (Å²) in [5, 5.41) is 2.64. The number of rotatable bonds is 5. The van der Waals surface area contributed by atoms with Gasteiger partial charge in [0.25, 0.3) is 17.7 Å². The number of aromatic amines is 1. The fourth-order valence-corrected chi connectivity index (χ4v) is 3.32. The molecule has 0 bridgehead atoms. The lowest BCUT2D eigenvalue weighted by molar-refractivity contribution is -0.120. The summed E-state index contributed by atoms with van der Waals surface area (Å²) in [4.78, 5) is 51.5. The van der Waals surface area contributed by atoms with Crippen molar-refractivity contribution >= 4 is 38.5 Å². The third kappa shape index (κ3) is 5.14. The maximum absolute atomic E-state index is 12.4. The number of hydrogen-bond acceptors (Lipinski definition) is 6. The second-order valence-corrected chi connectivity index (χ2v) is 8.57. The average molecular weight is 442 g/mol. The van der Waals surface area contributed by atoms with Gasteiger partial charge in [-0.1, -0.05) is 12.1 Å². The third-order valence-corrected chi connectivity index (χ3v) is 5.43. The molecule has 0 atom stereocenters. The molecule has 0 aliphatic rings. The van der Waals surface area contributed by atoms with E-state index in [0.717, 1.165) is 6.26 Å². The van der Waals surface area contributed by atoms with E-state index in [0.29, 0.717) is 10.9 Å². The molecule has 3 amide bonds. The summed E-state index contributed by atoms with van der Waals surface area (Å²) in [5.74, 6) is -2.15. The normalized spacial score (nSPS) is 11.0. The van der Waals surface area contributed by atoms with Gasteiger partial charge in [0.05, 0.1) is 11.4 Å². The van der Waals surface area contributed by atoms with Crippen LogP contribution in [0.2, 0.25) is 0 Å². The Hall–Kier alpha value is -3.99. The van der Waals surface area contributed by atoms with Crippen molar-refractivity contribution in [2.45, 2.75) is 4.90 Å². The zero-order valence-electron chi connectivity index (χ0n) is 16.3. The molecule has 4 N–H and O–H groups in total. The molecule has 0 unspecified atom stereocenters. The van der Waals surface area contributed by atoms with E-state index < -0.39 is 39.5 Å². The lowest BCUT2D eigenvalue weighted by Crippen LogP contribution is -2.46. The Balaban J connectivity index is 1.54. The Morgan fingerprint density at radius 3 is 2.29 bits per heavy atom. The number of sulfone groups is 1. The minimum absolute atomic E-state index is 0.0551. The van der Waals surface area contributed by atoms with E-state index in [2.05, 4.69) is 21.2 Å². The van der Waals surface area contributed by atoms with Crippen molar-refractivity contribution < 1.29 is 22.8 Å². The summed E-state index contributed by atoms with van der Waals surface area (Å²) in [6.07, 6.45) is 2.31. The molecule has 0 aliphatic carbocycles. The smallest absolute Gasteiger partial charge is 0.269 e. The number of H-pyrrole nitrogens is 1. The van der Waals surface area contributed by atoms with Crippen molar-refractivity contribution in [3.8, 4) is 0 Å². The minimum Gasteiger partial charge on any atom is -0.360 e. The van der Waals surface area contributed by atoms with Gasteiger partial charge in [-0.2, -0.15) is 0 Å². The van der Waals surface area contributed by atoms with Gasteiger partial charge in [0.2, 0.25) is 5.43 Å². The molecule has 0 saturated carbocycles. The largest absolute Gasteiger partial charge is 0.360 e. The van der Waals surface area contributed by atoms with E-state index in [1.807, 2.05) is 0 Å². The predicted molar refractivity (Wildman–Crippen MR) is 112 cm³/mol. The molecule has 2 aromatic carbocycles. The molecule has 0 radical (unpaired) electrons. The number of carbonyl (C=O) groups excluding carboxylic acids is 3. The summed E-state index contributed by atoms with van der Waals surface area (Å²) in [6.45, 7) is -0.488. The maximum atomic E-state index is 12.4. The molecule has 0 spiro atoms. The Labute approximate surface area is 176 Å². The van der Waals surface area contributed by atoms with Gasteiger partial charge in [0, 0.05) is 28.9 Å². The van der Waals surface area contributed by atoms with Gasteiger partial charge in [-0.3, -0.25) is 30.0 Å². The first kappa shape index (κ1) is 21.7. The summed E-state index contributed by atoms with van der Waals surface area (Å²) < 4.78 is 22.9. The molecular weight excluding hydrogens is 424 g/mol. The lowest BCUT2D eigenvalue weighted by atomic mass is 10.1. The molecule has 0 saturated heterocycles. The van der Waals surface area contributed by atoms with Gasteiger partial charge in [-0.25, -0.2) is 8.42 Å². The van der Waals surface area contributed by atoms with E-state index in [1.165, 1.54) is 30.5 Å². The number of aromatic nitrogens is 1. The van der Waals surface area contributed by atoms with E-state index in [9.17, 15) is 27.6 Å². The first-order valence-corrected chi connectivity index (χ1v) is 10.8. The van der Waals surface area contributed by atoms with Crippen molar-refractivity contribution in [3.63, 3.8) is 0 Å². The predicted octanol–water partition coefficient (Wildman–Crippen LogP) is 0.123. The number of hydrogen-bond donors (Lipinski definition) is 4. The number of pyridine rings is 1. The molecular formula is C20H18N4O6S. The average Bonchev–Trinajstić information content (AvgIpc) is 2.75. The molecule has 1 heterocycles. The number of para-hydroxylation sites is 1. The van der Waals surface area contributed by atoms with Crippen LogP contribution in [-0.4, -0.2) is 43.9 Å². The van der Waals surface area contributed by atoms with Crippen LogP contribution in [0.25, 0.3) is 10.9 Å². The second kappa shape index (κ2) is 8.79. The van der Waals surface area contributed by atoms with Gasteiger partial charge in [0.1, 0.15) is 5.56 Å². The fraction of sp³-hybridized carbons (Fsp3) is 0.100. The van der Waals surface area contributed by atoms with Gasteiger partial charge in [-0.15, -0.1) is 0 Å². The Bertz CT molecular complexity index is 1330. The van der Waals surface area contributed by atoms with E-state index in [1.54, 1.807) is 24.3 Å². The summed E-state index contributed by atoms with van der Waals surface area (Å²) in [6, 6.07) is 11.8. The van der Waals surface area contributed by atoms with Crippen molar-refractivity contribution in [1.29, 1.82) is 0 Å². The number of fused-ring (bicyclic) bond motifs is 1. The number of hydrazine groups is 1. The first-order chi connectivity index (χ1) is 14.7. The monoisotopic (exact) mass is 442 g/mol. The van der Waals surface area contributed by atoms with Crippen molar-refractivity contribution in [1.82, 2.24) is 21.2 Å². The van der Waals surface area contributed by atoms with Crippen LogP contribution in [0.4, 0.5) is 0 Å². The van der Waals surface area contributed by atoms with Crippen LogP contribution >= 0.6 is 0 Å². The zero-order valence-corrected chi connectivity index (χ0v) is 17.1. The van der Waals surface area contributed by atoms with Crippen LogP contribution in [0.3, 0.4) is 0 Å². The standard InChI is InChI=1S/C20H18N4O6S/c1-31(29,30)13-8-6-12(7-9-13)19(27)24-23-17(25)11-22-20(28)15-10-21-16-5-3-2-4-14(16)18(15)26/h2-10H,11H2,1H3,(H,21,26)(H,22,28)(H,23,25)(H,24,27). The number of amides is 3. The SMILES string of the molecule is CS(=O)(=O)c1ccc(C(=O)NNC(=O)CNC(=O)c2c[nH]c3ccccc3c2=O)cc1. The highest BCUT2D eigenvalue weighted by molar-refractivity contribution is 7.90. The minimum atomic E-state index is -3.39. The lowest BCUT2D eigenvalue weighted by Gasteiger charge is -2.09. The van der Waals surface area contributed by atoms with Gasteiger partial charge in [-0.05, 0) is 36.4 Å². The molecule has 31 heavy (non-hydrogen) atoms. The van der Waals surface area contributed by atoms with E-state index >= 15 is 0 Å². The van der Waals surface area contributed by atoms with Crippen molar-refractivity contribution in [2.24, 2.45) is 0 Å². The van der Waals surface area contributed by atoms with Crippen LogP contribution in [0, 0.1) is 0 Å². The fourth-order valence-electron chi connectivity index (χ4n) is 2.69. The van der Waals surface area contributed by atoms with Crippen molar-refractivity contribution in [3.05, 3.63) is 76.1 Å². The second-order valence-electron chi connectivity index (χ2n) is 6.56. The van der Waals surface area contributed by atoms with Gasteiger partial charge >= 0.3 is 0 Å². The Kier molecular flexibility index (Phi) is 6.16. The van der Waals surface area contributed by atoms with Gasteiger partial charge < -0.3 is 10.3 Å². The molecule has 0 fully saturated rings. The molecule has 3 aromatic rings. The van der Waals surface area contributed by atoms with Crippen LogP contribution in [0.5, 0.6) is 0 Å². The molecule has 0 aliphatic heterocycles. The van der Waals surface area contributed by atoms with Gasteiger partial charge in [0.15, 0.2) is 9.84 Å². The van der Waals surface area contributed by atoms with Crippen LogP contribution in [0.15, 0.2) is 64.4 Å². The van der Waals surface area contributed by atoms with Crippen LogP contribution in [0.1, 0.15) is 20.7 Å². The van der Waals surface area contributed by atoms with Crippen molar-refractivity contribution in [2.75, 3.05) is 12.8 Å². The summed E-state index contributed by atoms with van der Waals surface area (Å²) in [5.41, 5.74) is 4.35. The Morgan fingerprint density at radius 2 is 1.61 bits per heavy atom. The Morgan fingerprint density at radius 1 is 0.935 bits per heavy atom. The molecule has 3 rings (SSSR count). The quantitative estimate of drug-likeness (QED) is 0.412. The molecule has 160 valence electrons. The highest BCUT2D eigenvalue weighted by atomic mass is 32.2. The zero-order chi connectivity index (χ0) is 22.6. The molecule has 1 aromatic heterocycles. The highest BCUT2D eigenvalue weighted by Crippen LogP contribution is 2.10.